The van der Waals surface area contributed by atoms with Crippen LogP contribution in [-0.2, 0) is 4.79 Å². The average Bonchev–Trinajstić information content (AvgIpc) is 2.84. The molecule has 0 aromatic heterocycles. The maximum absolute atomic E-state index is 12.9. The van der Waals surface area contributed by atoms with Crippen LogP contribution in [0.3, 0.4) is 0 Å². The van der Waals surface area contributed by atoms with E-state index in [0.717, 1.165) is 16.6 Å². The van der Waals surface area contributed by atoms with Gasteiger partial charge in [0.15, 0.2) is 6.61 Å². The fraction of sp³-hybridized carbons (Fsp3) is 0.259. The van der Waals surface area contributed by atoms with Gasteiger partial charge in [-0.3, -0.25) is 9.59 Å². The number of carbonyl (C=O) groups excluding carboxylic acids is 2. The largest absolute Gasteiger partial charge is 0.483 e. The molecule has 0 spiro atoms. The summed E-state index contributed by atoms with van der Waals surface area (Å²) in [4.78, 5) is 27.0. The maximum atomic E-state index is 12.9. The highest BCUT2D eigenvalue weighted by Crippen LogP contribution is 2.30. The molecule has 0 heterocycles. The van der Waals surface area contributed by atoms with Gasteiger partial charge in [-0.2, -0.15) is 0 Å². The third-order valence-electron chi connectivity index (χ3n) is 5.54. The molecule has 3 aromatic carbocycles. The molecule has 0 aliphatic heterocycles. The highest BCUT2D eigenvalue weighted by Gasteiger charge is 2.16. The second kappa shape index (κ2) is 11.7. The van der Waals surface area contributed by atoms with Crippen LogP contribution in [0.4, 0.5) is 11.4 Å². The standard InChI is InChI=1S/C27H29BrN2O3/c1-4-19(3)21-13-16-25(24(28)17-21)33-18-26(31)29-22-14-11-20(12-15-22)27(32)30(5-2)23-9-7-6-8-10-23/h6-17,19H,4-5,18H2,1-3H3,(H,29,31). The summed E-state index contributed by atoms with van der Waals surface area (Å²) in [5.74, 6) is 0.728. The summed E-state index contributed by atoms with van der Waals surface area (Å²) in [6, 6.07) is 22.4. The van der Waals surface area contributed by atoms with Crippen LogP contribution < -0.4 is 15.0 Å². The molecule has 33 heavy (non-hydrogen) atoms. The minimum absolute atomic E-state index is 0.0874. The predicted octanol–water partition coefficient (Wildman–Crippen LogP) is 6.65. The molecule has 1 unspecified atom stereocenters. The van der Waals surface area contributed by atoms with E-state index in [0.29, 0.717) is 29.5 Å². The lowest BCUT2D eigenvalue weighted by atomic mass is 9.99. The van der Waals surface area contributed by atoms with Crippen molar-refractivity contribution in [2.75, 3.05) is 23.4 Å². The summed E-state index contributed by atoms with van der Waals surface area (Å²) in [5.41, 5.74) is 3.24. The number of amides is 2. The summed E-state index contributed by atoms with van der Waals surface area (Å²) in [6.07, 6.45) is 1.06. The van der Waals surface area contributed by atoms with E-state index in [1.54, 1.807) is 29.2 Å². The Morgan fingerprint density at radius 2 is 1.70 bits per heavy atom. The number of ether oxygens (including phenoxy) is 1. The highest BCUT2D eigenvalue weighted by atomic mass is 79.9. The van der Waals surface area contributed by atoms with Gasteiger partial charge in [0.2, 0.25) is 0 Å². The fourth-order valence-corrected chi connectivity index (χ4v) is 3.93. The van der Waals surface area contributed by atoms with Gasteiger partial charge < -0.3 is 15.0 Å². The topological polar surface area (TPSA) is 58.6 Å². The minimum atomic E-state index is -0.272. The second-order valence-corrected chi connectivity index (χ2v) is 8.65. The van der Waals surface area contributed by atoms with Crippen LogP contribution in [0.25, 0.3) is 0 Å². The van der Waals surface area contributed by atoms with Crippen molar-refractivity contribution in [3.8, 4) is 5.75 Å². The molecule has 3 rings (SSSR count). The zero-order valence-corrected chi connectivity index (χ0v) is 20.8. The van der Waals surface area contributed by atoms with Gasteiger partial charge in [-0.15, -0.1) is 0 Å². The van der Waals surface area contributed by atoms with Gasteiger partial charge in [0, 0.05) is 23.5 Å². The van der Waals surface area contributed by atoms with Gasteiger partial charge in [0.25, 0.3) is 11.8 Å². The Morgan fingerprint density at radius 3 is 2.30 bits per heavy atom. The number of nitrogens with one attached hydrogen (secondary N) is 1. The second-order valence-electron chi connectivity index (χ2n) is 7.80. The highest BCUT2D eigenvalue weighted by molar-refractivity contribution is 9.10. The van der Waals surface area contributed by atoms with E-state index in [4.69, 9.17) is 4.74 Å². The lowest BCUT2D eigenvalue weighted by Crippen LogP contribution is -2.30. The van der Waals surface area contributed by atoms with Crippen molar-refractivity contribution < 1.29 is 14.3 Å². The smallest absolute Gasteiger partial charge is 0.262 e. The van der Waals surface area contributed by atoms with Crippen molar-refractivity contribution in [3.63, 3.8) is 0 Å². The van der Waals surface area contributed by atoms with Crippen molar-refractivity contribution in [3.05, 3.63) is 88.4 Å². The van der Waals surface area contributed by atoms with E-state index < -0.39 is 0 Å². The van der Waals surface area contributed by atoms with Crippen molar-refractivity contribution in [1.29, 1.82) is 0 Å². The van der Waals surface area contributed by atoms with Crippen molar-refractivity contribution >= 4 is 39.1 Å². The first-order chi connectivity index (χ1) is 15.9. The third-order valence-corrected chi connectivity index (χ3v) is 6.16. The van der Waals surface area contributed by atoms with Crippen LogP contribution in [-0.4, -0.2) is 25.0 Å². The number of benzene rings is 3. The number of hydrogen-bond donors (Lipinski definition) is 1. The monoisotopic (exact) mass is 508 g/mol. The van der Waals surface area contributed by atoms with Crippen molar-refractivity contribution in [2.45, 2.75) is 33.1 Å². The lowest BCUT2D eigenvalue weighted by Gasteiger charge is -2.21. The molecule has 0 bridgehead atoms. The molecule has 172 valence electrons. The van der Waals surface area contributed by atoms with E-state index in [1.165, 1.54) is 5.56 Å². The van der Waals surface area contributed by atoms with Crippen LogP contribution in [0, 0.1) is 0 Å². The van der Waals surface area contributed by atoms with E-state index in [2.05, 4.69) is 35.1 Å². The van der Waals surface area contributed by atoms with E-state index in [1.807, 2.05) is 55.5 Å². The van der Waals surface area contributed by atoms with Gasteiger partial charge >= 0.3 is 0 Å². The summed E-state index contributed by atoms with van der Waals surface area (Å²) >= 11 is 3.52. The Balaban J connectivity index is 1.57. The molecular weight excluding hydrogens is 480 g/mol. The Bertz CT molecular complexity index is 1080. The van der Waals surface area contributed by atoms with Gasteiger partial charge in [-0.25, -0.2) is 0 Å². The Labute approximate surface area is 203 Å². The van der Waals surface area contributed by atoms with E-state index in [9.17, 15) is 9.59 Å². The molecule has 0 radical (unpaired) electrons. The van der Waals surface area contributed by atoms with Crippen LogP contribution in [0.5, 0.6) is 5.75 Å². The molecule has 2 amide bonds. The molecule has 0 aliphatic carbocycles. The maximum Gasteiger partial charge on any atom is 0.262 e. The van der Waals surface area contributed by atoms with Crippen LogP contribution in [0.2, 0.25) is 0 Å². The Kier molecular flexibility index (Phi) is 8.66. The SMILES string of the molecule is CCC(C)c1ccc(OCC(=O)Nc2ccc(C(=O)N(CC)c3ccccc3)cc2)c(Br)c1. The van der Waals surface area contributed by atoms with Crippen LogP contribution in [0.15, 0.2) is 77.3 Å². The summed E-state index contributed by atoms with van der Waals surface area (Å²) in [7, 11) is 0. The first-order valence-corrected chi connectivity index (χ1v) is 11.9. The van der Waals surface area contributed by atoms with Crippen molar-refractivity contribution in [2.24, 2.45) is 0 Å². The predicted molar refractivity (Wildman–Crippen MR) is 137 cm³/mol. The van der Waals surface area contributed by atoms with Crippen LogP contribution >= 0.6 is 15.9 Å². The minimum Gasteiger partial charge on any atom is -0.483 e. The molecule has 0 saturated heterocycles. The fourth-order valence-electron chi connectivity index (χ4n) is 3.42. The first kappa shape index (κ1) is 24.5. The molecule has 1 atom stereocenters. The number of halogens is 1. The van der Waals surface area contributed by atoms with Crippen molar-refractivity contribution in [1.82, 2.24) is 0 Å². The van der Waals surface area contributed by atoms with E-state index in [-0.39, 0.29) is 18.4 Å². The van der Waals surface area contributed by atoms with Gasteiger partial charge in [-0.05, 0) is 89.3 Å². The summed E-state index contributed by atoms with van der Waals surface area (Å²) < 4.78 is 6.50. The number of rotatable bonds is 9. The Hall–Kier alpha value is -3.12. The molecule has 3 aromatic rings. The molecule has 0 saturated carbocycles. The lowest BCUT2D eigenvalue weighted by molar-refractivity contribution is -0.118. The zero-order valence-electron chi connectivity index (χ0n) is 19.2. The number of para-hydroxylation sites is 1. The molecule has 6 heteroatoms. The van der Waals surface area contributed by atoms with Gasteiger partial charge in [-0.1, -0.05) is 38.1 Å². The Morgan fingerprint density at radius 1 is 1.00 bits per heavy atom. The van der Waals surface area contributed by atoms with Gasteiger partial charge in [0.05, 0.1) is 4.47 Å². The third kappa shape index (κ3) is 6.45. The molecular formula is C27H29BrN2O3. The number of nitrogens with zero attached hydrogens (tertiary/aromatic N) is 1. The first-order valence-electron chi connectivity index (χ1n) is 11.1. The van der Waals surface area contributed by atoms with E-state index >= 15 is 0 Å². The quantitative estimate of drug-likeness (QED) is 0.352. The van der Waals surface area contributed by atoms with Gasteiger partial charge in [0.1, 0.15) is 5.75 Å². The zero-order chi connectivity index (χ0) is 23.8. The van der Waals surface area contributed by atoms with Crippen LogP contribution in [0.1, 0.15) is 49.0 Å². The summed E-state index contributed by atoms with van der Waals surface area (Å²) in [5, 5.41) is 2.81. The normalized spacial score (nSPS) is 11.5. The number of hydrogen-bond acceptors (Lipinski definition) is 3. The molecule has 1 N–H and O–H groups in total. The molecule has 5 nitrogen and oxygen atoms in total. The number of anilines is 2. The molecule has 0 fully saturated rings. The molecule has 0 aliphatic rings. The average molecular weight is 509 g/mol. The summed E-state index contributed by atoms with van der Waals surface area (Å²) in [6.45, 7) is 6.72. The number of carbonyl (C=O) groups is 2.